The van der Waals surface area contributed by atoms with E-state index in [0.717, 1.165) is 44.3 Å². The SMILES string of the molecule is COCCC(=O)NC12CCC(c3ccc(OC/C(=C/F)CN)cc3)(CC1)CC2. The maximum absolute atomic E-state index is 12.6. The molecule has 0 heterocycles. The normalized spacial score (nSPS) is 26.9. The van der Waals surface area contributed by atoms with E-state index in [1.54, 1.807) is 7.11 Å². The van der Waals surface area contributed by atoms with Crippen molar-refractivity contribution in [3.05, 3.63) is 41.7 Å². The van der Waals surface area contributed by atoms with Crippen molar-refractivity contribution in [1.82, 2.24) is 5.32 Å². The number of halogens is 1. The Kier molecular flexibility index (Phi) is 6.73. The largest absolute Gasteiger partial charge is 0.489 e. The first-order valence-corrected chi connectivity index (χ1v) is 10.1. The number of benzene rings is 1. The Labute approximate surface area is 166 Å². The lowest BCUT2D eigenvalue weighted by molar-refractivity contribution is -0.125. The van der Waals surface area contributed by atoms with E-state index >= 15 is 0 Å². The monoisotopic (exact) mass is 390 g/mol. The Hall–Kier alpha value is -1.92. The smallest absolute Gasteiger partial charge is 0.222 e. The Morgan fingerprint density at radius 2 is 1.82 bits per heavy atom. The molecule has 4 rings (SSSR count). The fourth-order valence-electron chi connectivity index (χ4n) is 4.57. The van der Waals surface area contributed by atoms with Gasteiger partial charge in [-0.1, -0.05) is 12.1 Å². The van der Waals surface area contributed by atoms with Gasteiger partial charge in [0, 0.05) is 31.2 Å². The van der Waals surface area contributed by atoms with Crippen LogP contribution in [0.5, 0.6) is 5.75 Å². The fraction of sp³-hybridized carbons (Fsp3) is 0.591. The summed E-state index contributed by atoms with van der Waals surface area (Å²) in [6, 6.07) is 8.18. The number of methoxy groups -OCH3 is 1. The minimum Gasteiger partial charge on any atom is -0.489 e. The zero-order valence-electron chi connectivity index (χ0n) is 16.6. The van der Waals surface area contributed by atoms with Crippen LogP contribution in [0.2, 0.25) is 0 Å². The number of nitrogens with one attached hydrogen (secondary N) is 1. The molecule has 0 saturated heterocycles. The Morgan fingerprint density at radius 3 is 2.36 bits per heavy atom. The minimum absolute atomic E-state index is 0.0348. The van der Waals surface area contributed by atoms with Gasteiger partial charge in [-0.2, -0.15) is 0 Å². The molecular formula is C22H31FN2O3. The number of carbonyl (C=O) groups excluding carboxylic acids is 1. The highest BCUT2D eigenvalue weighted by molar-refractivity contribution is 5.77. The van der Waals surface area contributed by atoms with Crippen LogP contribution in [0.15, 0.2) is 36.2 Å². The molecule has 6 heteroatoms. The molecule has 0 radical (unpaired) electrons. The summed E-state index contributed by atoms with van der Waals surface area (Å²) in [5, 5.41) is 3.29. The van der Waals surface area contributed by atoms with Crippen molar-refractivity contribution in [1.29, 1.82) is 0 Å². The van der Waals surface area contributed by atoms with Crippen molar-refractivity contribution >= 4 is 5.91 Å². The third-order valence-electron chi connectivity index (χ3n) is 6.49. The van der Waals surface area contributed by atoms with Gasteiger partial charge in [0.25, 0.3) is 0 Å². The molecule has 0 aliphatic heterocycles. The first-order chi connectivity index (χ1) is 13.5. The number of hydrogen-bond donors (Lipinski definition) is 2. The van der Waals surface area contributed by atoms with Gasteiger partial charge in [-0.3, -0.25) is 4.79 Å². The molecule has 5 nitrogen and oxygen atoms in total. The lowest BCUT2D eigenvalue weighted by Gasteiger charge is -2.54. The predicted octanol–water partition coefficient (Wildman–Crippen LogP) is 3.37. The Balaban J connectivity index is 1.58. The maximum Gasteiger partial charge on any atom is 0.222 e. The van der Waals surface area contributed by atoms with Crippen LogP contribution >= 0.6 is 0 Å². The summed E-state index contributed by atoms with van der Waals surface area (Å²) in [5.74, 6) is 0.816. The average molecular weight is 390 g/mol. The van der Waals surface area contributed by atoms with Crippen LogP contribution in [-0.2, 0) is 14.9 Å². The molecular weight excluding hydrogens is 359 g/mol. The van der Waals surface area contributed by atoms with Gasteiger partial charge >= 0.3 is 0 Å². The van der Waals surface area contributed by atoms with Crippen molar-refractivity contribution in [2.24, 2.45) is 5.73 Å². The van der Waals surface area contributed by atoms with Gasteiger partial charge in [-0.05, 0) is 61.6 Å². The molecule has 28 heavy (non-hydrogen) atoms. The molecule has 0 unspecified atom stereocenters. The van der Waals surface area contributed by atoms with Crippen LogP contribution in [0.25, 0.3) is 0 Å². The summed E-state index contributed by atoms with van der Waals surface area (Å²) in [4.78, 5) is 12.2. The summed E-state index contributed by atoms with van der Waals surface area (Å²) >= 11 is 0. The molecule has 3 saturated carbocycles. The van der Waals surface area contributed by atoms with E-state index in [2.05, 4.69) is 17.4 Å². The van der Waals surface area contributed by atoms with Gasteiger partial charge in [0.15, 0.2) is 0 Å². The molecule has 0 aromatic heterocycles. The Morgan fingerprint density at radius 1 is 1.18 bits per heavy atom. The van der Waals surface area contributed by atoms with Crippen LogP contribution in [0.3, 0.4) is 0 Å². The number of nitrogens with two attached hydrogens (primary N) is 1. The predicted molar refractivity (Wildman–Crippen MR) is 107 cm³/mol. The highest BCUT2D eigenvalue weighted by Crippen LogP contribution is 2.53. The molecule has 3 aliphatic carbocycles. The molecule has 1 aromatic rings. The summed E-state index contributed by atoms with van der Waals surface area (Å²) in [6.45, 7) is 0.790. The molecule has 1 amide bonds. The minimum atomic E-state index is -0.0348. The Bertz CT molecular complexity index is 678. The van der Waals surface area contributed by atoms with Crippen molar-refractivity contribution < 1.29 is 18.7 Å². The summed E-state index contributed by atoms with van der Waals surface area (Å²) in [5.41, 5.74) is 7.38. The van der Waals surface area contributed by atoms with E-state index in [4.69, 9.17) is 15.2 Å². The van der Waals surface area contributed by atoms with Crippen LogP contribution in [-0.4, -0.2) is 38.3 Å². The lowest BCUT2D eigenvalue weighted by Crippen LogP contribution is -2.57. The summed E-state index contributed by atoms with van der Waals surface area (Å²) in [6.07, 6.45) is 7.24. The van der Waals surface area contributed by atoms with Crippen LogP contribution in [0, 0.1) is 0 Å². The number of hydrogen-bond acceptors (Lipinski definition) is 4. The quantitative estimate of drug-likeness (QED) is 0.678. The van der Waals surface area contributed by atoms with Gasteiger partial charge in [-0.15, -0.1) is 0 Å². The van der Waals surface area contributed by atoms with Gasteiger partial charge < -0.3 is 20.5 Å². The molecule has 3 aliphatic rings. The van der Waals surface area contributed by atoms with E-state index < -0.39 is 0 Å². The van der Waals surface area contributed by atoms with Crippen molar-refractivity contribution in [2.45, 2.75) is 55.9 Å². The number of carbonyl (C=O) groups is 1. The van der Waals surface area contributed by atoms with E-state index in [0.29, 0.717) is 24.9 Å². The molecule has 2 bridgehead atoms. The molecule has 3 N–H and O–H groups in total. The second-order valence-electron chi connectivity index (χ2n) is 8.14. The zero-order valence-corrected chi connectivity index (χ0v) is 16.6. The van der Waals surface area contributed by atoms with Gasteiger partial charge in [-0.25, -0.2) is 4.39 Å². The topological polar surface area (TPSA) is 73.6 Å². The standard InChI is InChI=1S/C22H31FN2O3/c1-27-13-6-20(26)25-22-10-7-21(8-11-22,9-12-22)18-2-4-19(5-3-18)28-16-17(14-23)15-24/h2-5,14H,6-13,15-16,24H2,1H3,(H,25,26)/b17-14+. The first-order valence-electron chi connectivity index (χ1n) is 10.1. The molecule has 0 spiro atoms. The highest BCUT2D eigenvalue weighted by atomic mass is 19.1. The van der Waals surface area contributed by atoms with Crippen LogP contribution in [0.4, 0.5) is 4.39 Å². The van der Waals surface area contributed by atoms with Crippen LogP contribution < -0.4 is 15.8 Å². The third kappa shape index (κ3) is 4.55. The van der Waals surface area contributed by atoms with Crippen molar-refractivity contribution in [3.8, 4) is 5.75 Å². The van der Waals surface area contributed by atoms with E-state index in [1.807, 2.05) is 12.1 Å². The maximum atomic E-state index is 12.6. The molecule has 3 fully saturated rings. The summed E-state index contributed by atoms with van der Waals surface area (Å²) in [7, 11) is 1.62. The number of fused-ring (bicyclic) bond motifs is 3. The van der Waals surface area contributed by atoms with E-state index in [-0.39, 0.29) is 30.0 Å². The van der Waals surface area contributed by atoms with Gasteiger partial charge in [0.05, 0.1) is 12.9 Å². The van der Waals surface area contributed by atoms with Crippen molar-refractivity contribution in [3.63, 3.8) is 0 Å². The first kappa shape index (κ1) is 20.8. The molecule has 0 atom stereocenters. The number of rotatable bonds is 9. The van der Waals surface area contributed by atoms with E-state index in [1.165, 1.54) is 5.56 Å². The second-order valence-corrected chi connectivity index (χ2v) is 8.14. The third-order valence-corrected chi connectivity index (χ3v) is 6.49. The average Bonchev–Trinajstić information content (AvgIpc) is 2.74. The zero-order chi connectivity index (χ0) is 20.0. The molecule has 1 aromatic carbocycles. The highest BCUT2D eigenvalue weighted by Gasteiger charge is 2.49. The van der Waals surface area contributed by atoms with E-state index in [9.17, 15) is 9.18 Å². The number of amides is 1. The second kappa shape index (κ2) is 9.05. The molecule has 154 valence electrons. The lowest BCUT2D eigenvalue weighted by atomic mass is 9.55. The van der Waals surface area contributed by atoms with Crippen LogP contribution in [0.1, 0.15) is 50.5 Å². The number of ether oxygens (including phenoxy) is 2. The summed E-state index contributed by atoms with van der Waals surface area (Å²) < 4.78 is 23.2. The van der Waals surface area contributed by atoms with Crippen molar-refractivity contribution in [2.75, 3.05) is 26.9 Å². The fourth-order valence-corrected chi connectivity index (χ4v) is 4.57. The van der Waals surface area contributed by atoms with Gasteiger partial charge in [0.2, 0.25) is 5.91 Å². The van der Waals surface area contributed by atoms with Gasteiger partial charge in [0.1, 0.15) is 12.4 Å².